The topological polar surface area (TPSA) is 86.1 Å². The molecule has 1 saturated heterocycles. The molecule has 2 aromatic heterocycles. The third-order valence-electron chi connectivity index (χ3n) is 6.34. The molecule has 0 spiro atoms. The lowest BCUT2D eigenvalue weighted by atomic mass is 9.97. The molecule has 4 heterocycles. The van der Waals surface area contributed by atoms with Crippen LogP contribution in [0.2, 0.25) is 5.02 Å². The molecule has 2 aliphatic rings. The summed E-state index contributed by atoms with van der Waals surface area (Å²) in [4.78, 5) is 29.0. The molecule has 2 aliphatic heterocycles. The fourth-order valence-electron chi connectivity index (χ4n) is 4.37. The zero-order chi connectivity index (χ0) is 25.9. The Morgan fingerprint density at radius 2 is 2.16 bits per heavy atom. The maximum absolute atomic E-state index is 14.3. The summed E-state index contributed by atoms with van der Waals surface area (Å²) in [6, 6.07) is 6.30. The number of hydrogen-bond acceptors (Lipinski definition) is 8. The standard InChI is InChI=1S/C25H23BrClFN4O4S/c1-34-21-9-15(26)11-29-24(21)35-12-22(33)32-7-5-14(6-8-32)25-30-19(13-37-25)18-10-20(36-31-18)23-16(27)3-2-4-17(23)28/h2-4,9,11,13-14,20H,5-8,10,12H2,1H3. The van der Waals surface area contributed by atoms with Crippen molar-refractivity contribution in [2.45, 2.75) is 31.3 Å². The molecule has 1 atom stereocenters. The van der Waals surface area contributed by atoms with Gasteiger partial charge in [-0.05, 0) is 40.9 Å². The van der Waals surface area contributed by atoms with Crippen molar-refractivity contribution in [3.8, 4) is 11.6 Å². The predicted octanol–water partition coefficient (Wildman–Crippen LogP) is 5.75. The number of amides is 1. The van der Waals surface area contributed by atoms with Gasteiger partial charge in [-0.25, -0.2) is 14.4 Å². The minimum atomic E-state index is -0.571. The van der Waals surface area contributed by atoms with E-state index in [1.807, 2.05) is 5.38 Å². The van der Waals surface area contributed by atoms with Crippen LogP contribution in [0.25, 0.3) is 0 Å². The minimum Gasteiger partial charge on any atom is -0.491 e. The summed E-state index contributed by atoms with van der Waals surface area (Å²) in [7, 11) is 1.52. The number of hydrogen-bond donors (Lipinski definition) is 0. The molecule has 0 radical (unpaired) electrons. The third kappa shape index (κ3) is 5.73. The Hall–Kier alpha value is -2.76. The van der Waals surface area contributed by atoms with Crippen molar-refractivity contribution >= 4 is 50.5 Å². The first-order valence-corrected chi connectivity index (χ1v) is 13.7. The summed E-state index contributed by atoms with van der Waals surface area (Å²) >= 11 is 11.1. The Kier molecular flexibility index (Phi) is 7.92. The molecular formula is C25H23BrClFN4O4S. The van der Waals surface area contributed by atoms with Gasteiger partial charge in [0, 0.05) is 53.1 Å². The highest BCUT2D eigenvalue weighted by atomic mass is 79.9. The van der Waals surface area contributed by atoms with E-state index in [1.54, 1.807) is 40.6 Å². The van der Waals surface area contributed by atoms with Crippen molar-refractivity contribution in [2.75, 3.05) is 26.8 Å². The number of rotatable bonds is 7. The second-order valence-corrected chi connectivity index (χ2v) is 10.9. The predicted molar refractivity (Wildman–Crippen MR) is 141 cm³/mol. The molecular weight excluding hydrogens is 587 g/mol. The van der Waals surface area contributed by atoms with Gasteiger partial charge in [0.2, 0.25) is 0 Å². The van der Waals surface area contributed by atoms with Gasteiger partial charge in [-0.15, -0.1) is 11.3 Å². The van der Waals surface area contributed by atoms with Crippen LogP contribution in [-0.4, -0.2) is 53.3 Å². The van der Waals surface area contributed by atoms with Gasteiger partial charge in [-0.3, -0.25) is 4.79 Å². The molecule has 1 fully saturated rings. The van der Waals surface area contributed by atoms with Gasteiger partial charge in [-0.1, -0.05) is 22.8 Å². The van der Waals surface area contributed by atoms with E-state index in [1.165, 1.54) is 13.2 Å². The van der Waals surface area contributed by atoms with Crippen molar-refractivity contribution < 1.29 is 23.5 Å². The maximum Gasteiger partial charge on any atom is 0.260 e. The number of aromatic nitrogens is 2. The Labute approximate surface area is 230 Å². The molecule has 5 rings (SSSR count). The van der Waals surface area contributed by atoms with Gasteiger partial charge < -0.3 is 19.2 Å². The van der Waals surface area contributed by atoms with Crippen LogP contribution in [0, 0.1) is 5.82 Å². The minimum absolute atomic E-state index is 0.0969. The van der Waals surface area contributed by atoms with E-state index < -0.39 is 11.9 Å². The Morgan fingerprint density at radius 1 is 1.35 bits per heavy atom. The molecule has 0 N–H and O–H groups in total. The van der Waals surface area contributed by atoms with Crippen LogP contribution >= 0.6 is 38.9 Å². The number of halogens is 3. The van der Waals surface area contributed by atoms with Crippen molar-refractivity contribution in [2.24, 2.45) is 5.16 Å². The van der Waals surface area contributed by atoms with Gasteiger partial charge in [0.05, 0.1) is 22.8 Å². The third-order valence-corrected chi connectivity index (χ3v) is 8.11. The number of ether oxygens (including phenoxy) is 2. The van der Waals surface area contributed by atoms with E-state index >= 15 is 0 Å². The Morgan fingerprint density at radius 3 is 2.92 bits per heavy atom. The lowest BCUT2D eigenvalue weighted by Crippen LogP contribution is -2.40. The zero-order valence-corrected chi connectivity index (χ0v) is 23.0. The van der Waals surface area contributed by atoms with Gasteiger partial charge in [0.15, 0.2) is 18.5 Å². The highest BCUT2D eigenvalue weighted by molar-refractivity contribution is 9.10. The van der Waals surface area contributed by atoms with E-state index in [2.05, 4.69) is 26.1 Å². The van der Waals surface area contributed by atoms with E-state index in [9.17, 15) is 9.18 Å². The molecule has 0 aliphatic carbocycles. The number of thiazole rings is 1. The van der Waals surface area contributed by atoms with Crippen molar-refractivity contribution in [1.82, 2.24) is 14.9 Å². The normalized spacial score (nSPS) is 17.9. The molecule has 12 heteroatoms. The molecule has 37 heavy (non-hydrogen) atoms. The van der Waals surface area contributed by atoms with Crippen LogP contribution in [0.1, 0.15) is 47.5 Å². The maximum atomic E-state index is 14.3. The van der Waals surface area contributed by atoms with Gasteiger partial charge in [-0.2, -0.15) is 0 Å². The fourth-order valence-corrected chi connectivity index (χ4v) is 5.96. The van der Waals surface area contributed by atoms with Crippen molar-refractivity contribution in [1.29, 1.82) is 0 Å². The number of nitrogens with zero attached hydrogens (tertiary/aromatic N) is 4. The summed E-state index contributed by atoms with van der Waals surface area (Å²) in [5.74, 6) is 0.479. The van der Waals surface area contributed by atoms with Crippen LogP contribution in [0.4, 0.5) is 4.39 Å². The van der Waals surface area contributed by atoms with E-state index in [-0.39, 0.29) is 24.3 Å². The monoisotopic (exact) mass is 608 g/mol. The first-order valence-electron chi connectivity index (χ1n) is 11.7. The second-order valence-electron chi connectivity index (χ2n) is 8.65. The summed E-state index contributed by atoms with van der Waals surface area (Å²) in [5, 5.41) is 7.42. The van der Waals surface area contributed by atoms with Crippen LogP contribution in [0.15, 0.2) is 45.5 Å². The molecule has 8 nitrogen and oxygen atoms in total. The van der Waals surface area contributed by atoms with Crippen LogP contribution < -0.4 is 9.47 Å². The summed E-state index contributed by atoms with van der Waals surface area (Å²) < 4.78 is 25.9. The van der Waals surface area contributed by atoms with Gasteiger partial charge >= 0.3 is 0 Å². The van der Waals surface area contributed by atoms with E-state index in [0.29, 0.717) is 41.6 Å². The smallest absolute Gasteiger partial charge is 0.260 e. The molecule has 1 amide bonds. The highest BCUT2D eigenvalue weighted by Gasteiger charge is 2.31. The summed E-state index contributed by atoms with van der Waals surface area (Å²) in [5.41, 5.74) is 1.72. The number of benzene rings is 1. The molecule has 0 saturated carbocycles. The zero-order valence-electron chi connectivity index (χ0n) is 19.8. The number of piperidine rings is 1. The van der Waals surface area contributed by atoms with Crippen LogP contribution in [0.3, 0.4) is 0 Å². The van der Waals surface area contributed by atoms with E-state index in [4.69, 9.17) is 30.9 Å². The number of carbonyl (C=O) groups is 1. The molecule has 0 bridgehead atoms. The molecule has 1 unspecified atom stereocenters. The number of carbonyl (C=O) groups excluding carboxylic acids is 1. The largest absolute Gasteiger partial charge is 0.491 e. The Bertz CT molecular complexity index is 1310. The average molecular weight is 610 g/mol. The lowest BCUT2D eigenvalue weighted by molar-refractivity contribution is -0.134. The van der Waals surface area contributed by atoms with Crippen molar-refractivity contribution in [3.05, 3.63) is 67.4 Å². The highest BCUT2D eigenvalue weighted by Crippen LogP contribution is 2.37. The van der Waals surface area contributed by atoms with Crippen LogP contribution in [-0.2, 0) is 9.63 Å². The summed E-state index contributed by atoms with van der Waals surface area (Å²) in [6.45, 7) is 1.12. The van der Waals surface area contributed by atoms with E-state index in [0.717, 1.165) is 28.0 Å². The summed E-state index contributed by atoms with van der Waals surface area (Å²) in [6.07, 6.45) is 3.02. The lowest BCUT2D eigenvalue weighted by Gasteiger charge is -2.31. The molecule has 3 aromatic rings. The SMILES string of the molecule is COc1cc(Br)cnc1OCC(=O)N1CCC(c2nc(C3=NOC(c4c(F)cccc4Cl)C3)cs2)CC1. The van der Waals surface area contributed by atoms with Crippen LogP contribution in [0.5, 0.6) is 11.6 Å². The number of oxime groups is 1. The molecule has 194 valence electrons. The molecule has 1 aromatic carbocycles. The fraction of sp³-hybridized carbons (Fsp3) is 0.360. The first kappa shape index (κ1) is 25.9. The quantitative estimate of drug-likeness (QED) is 0.339. The second kappa shape index (κ2) is 11.3. The van der Waals surface area contributed by atoms with Crippen molar-refractivity contribution in [3.63, 3.8) is 0 Å². The first-order chi connectivity index (χ1) is 17.9. The number of likely N-dealkylation sites (tertiary alicyclic amines) is 1. The number of pyridine rings is 1. The number of methoxy groups -OCH3 is 1. The average Bonchev–Trinajstić information content (AvgIpc) is 3.58. The van der Waals surface area contributed by atoms with Gasteiger partial charge in [0.25, 0.3) is 11.8 Å². The Balaban J connectivity index is 1.14. The van der Waals surface area contributed by atoms with Gasteiger partial charge in [0.1, 0.15) is 11.5 Å².